The van der Waals surface area contributed by atoms with Crippen LogP contribution in [0.2, 0.25) is 0 Å². The Kier molecular flexibility index (Phi) is 3.77. The summed E-state index contributed by atoms with van der Waals surface area (Å²) in [5.41, 5.74) is 10.6. The smallest absolute Gasteiger partial charge is 0.0624 e. The van der Waals surface area contributed by atoms with Crippen molar-refractivity contribution >= 4 is 0 Å². The molecule has 0 aromatic carbocycles. The number of nitrogens with zero attached hydrogens (tertiary/aromatic N) is 3. The summed E-state index contributed by atoms with van der Waals surface area (Å²) in [7, 11) is 1.96. The minimum atomic E-state index is -0.0787. The molecule has 4 nitrogen and oxygen atoms in total. The predicted octanol–water partition coefficient (Wildman–Crippen LogP) is 1.93. The Labute approximate surface area is 108 Å². The van der Waals surface area contributed by atoms with E-state index < -0.39 is 0 Å². The van der Waals surface area contributed by atoms with Crippen molar-refractivity contribution in [3.63, 3.8) is 0 Å². The number of aryl methyl sites for hydroxylation is 3. The molecule has 0 saturated heterocycles. The minimum absolute atomic E-state index is 0.0787. The second-order valence-corrected chi connectivity index (χ2v) is 4.67. The normalized spacial score (nSPS) is 12.7. The maximum atomic E-state index is 6.21. The lowest BCUT2D eigenvalue weighted by molar-refractivity contribution is 0.627. The van der Waals surface area contributed by atoms with Gasteiger partial charge in [0.05, 0.1) is 17.4 Å². The topological polar surface area (TPSA) is 56.7 Å². The van der Waals surface area contributed by atoms with Crippen molar-refractivity contribution in [3.05, 3.63) is 47.0 Å². The highest BCUT2D eigenvalue weighted by atomic mass is 15.3. The van der Waals surface area contributed by atoms with Gasteiger partial charge in [-0.2, -0.15) is 5.10 Å². The molecule has 0 saturated carbocycles. The first-order valence-electron chi connectivity index (χ1n) is 6.30. The van der Waals surface area contributed by atoms with E-state index in [1.165, 1.54) is 5.56 Å². The Morgan fingerprint density at radius 1 is 1.39 bits per heavy atom. The van der Waals surface area contributed by atoms with Crippen LogP contribution in [0.25, 0.3) is 0 Å². The van der Waals surface area contributed by atoms with Gasteiger partial charge in [-0.3, -0.25) is 9.67 Å². The molecule has 2 heterocycles. The lowest BCUT2D eigenvalue weighted by atomic mass is 10.1. The van der Waals surface area contributed by atoms with Crippen LogP contribution < -0.4 is 5.73 Å². The number of rotatable bonds is 4. The summed E-state index contributed by atoms with van der Waals surface area (Å²) >= 11 is 0. The number of aromatic nitrogens is 3. The van der Waals surface area contributed by atoms with E-state index in [4.69, 9.17) is 5.73 Å². The number of nitrogens with two attached hydrogens (primary N) is 1. The summed E-state index contributed by atoms with van der Waals surface area (Å²) in [5.74, 6) is 0. The maximum absolute atomic E-state index is 6.21. The van der Waals surface area contributed by atoms with Gasteiger partial charge >= 0.3 is 0 Å². The molecule has 1 unspecified atom stereocenters. The van der Waals surface area contributed by atoms with E-state index >= 15 is 0 Å². The molecule has 0 aliphatic rings. The third kappa shape index (κ3) is 2.76. The van der Waals surface area contributed by atoms with Crippen molar-refractivity contribution in [2.75, 3.05) is 0 Å². The molecule has 0 fully saturated rings. The summed E-state index contributed by atoms with van der Waals surface area (Å²) in [6.07, 6.45) is 3.52. The molecule has 2 aromatic heterocycles. The Balaban J connectivity index is 2.15. The predicted molar refractivity (Wildman–Crippen MR) is 72.2 cm³/mol. The average Bonchev–Trinajstić information content (AvgIpc) is 2.70. The molecule has 2 rings (SSSR count). The fourth-order valence-electron chi connectivity index (χ4n) is 2.03. The van der Waals surface area contributed by atoms with Crippen LogP contribution in [0.5, 0.6) is 0 Å². The molecular weight excluding hydrogens is 224 g/mol. The van der Waals surface area contributed by atoms with Crippen molar-refractivity contribution in [2.45, 2.75) is 32.7 Å². The van der Waals surface area contributed by atoms with E-state index in [9.17, 15) is 0 Å². The molecule has 4 heteroatoms. The van der Waals surface area contributed by atoms with Crippen molar-refractivity contribution < 1.29 is 0 Å². The van der Waals surface area contributed by atoms with Crippen LogP contribution in [-0.2, 0) is 19.9 Å². The Morgan fingerprint density at radius 3 is 2.78 bits per heavy atom. The molecule has 0 radical (unpaired) electrons. The first-order chi connectivity index (χ1) is 8.60. The molecule has 2 N–H and O–H groups in total. The molecule has 2 aromatic rings. The zero-order valence-electron chi connectivity index (χ0n) is 11.2. The van der Waals surface area contributed by atoms with Crippen LogP contribution in [0.1, 0.15) is 35.6 Å². The van der Waals surface area contributed by atoms with E-state index in [0.29, 0.717) is 0 Å². The van der Waals surface area contributed by atoms with Crippen molar-refractivity contribution in [3.8, 4) is 0 Å². The molecule has 0 aliphatic carbocycles. The first kappa shape index (κ1) is 12.8. The molecule has 0 bridgehead atoms. The highest BCUT2D eigenvalue weighted by molar-refractivity contribution is 5.20. The molecule has 0 amide bonds. The van der Waals surface area contributed by atoms with E-state index in [-0.39, 0.29) is 6.04 Å². The lowest BCUT2D eigenvalue weighted by Crippen LogP contribution is -2.16. The number of hydrogen-bond donors (Lipinski definition) is 1. The largest absolute Gasteiger partial charge is 0.322 e. The number of hydrogen-bond acceptors (Lipinski definition) is 3. The summed E-state index contributed by atoms with van der Waals surface area (Å²) < 4.78 is 1.91. The Hall–Kier alpha value is -1.68. The van der Waals surface area contributed by atoms with Gasteiger partial charge in [0.15, 0.2) is 0 Å². The van der Waals surface area contributed by atoms with Gasteiger partial charge in [0.2, 0.25) is 0 Å². The highest BCUT2D eigenvalue weighted by Gasteiger charge is 2.12. The summed E-state index contributed by atoms with van der Waals surface area (Å²) in [5, 5.41) is 4.43. The molecule has 1 atom stereocenters. The van der Waals surface area contributed by atoms with E-state index in [1.54, 1.807) is 0 Å². The van der Waals surface area contributed by atoms with E-state index in [1.807, 2.05) is 30.1 Å². The van der Waals surface area contributed by atoms with Crippen LogP contribution in [-0.4, -0.2) is 14.8 Å². The molecule has 0 spiro atoms. The van der Waals surface area contributed by atoms with Gasteiger partial charge in [0.25, 0.3) is 0 Å². The third-order valence-electron chi connectivity index (χ3n) is 3.14. The van der Waals surface area contributed by atoms with Gasteiger partial charge in [0.1, 0.15) is 0 Å². The lowest BCUT2D eigenvalue weighted by Gasteiger charge is -2.11. The fourth-order valence-corrected chi connectivity index (χ4v) is 2.03. The molecular formula is C14H20N4. The standard InChI is InChI=1S/C14H20N4/c1-4-11-8-12(18(3)17-11)9-13(15)14-7-10(2)5-6-16-14/h5-8,13H,4,9,15H2,1-3H3. The average molecular weight is 244 g/mol. The van der Waals surface area contributed by atoms with Crippen LogP contribution >= 0.6 is 0 Å². The van der Waals surface area contributed by atoms with Crippen molar-refractivity contribution in [1.29, 1.82) is 0 Å². The zero-order chi connectivity index (χ0) is 13.1. The minimum Gasteiger partial charge on any atom is -0.322 e. The molecule has 18 heavy (non-hydrogen) atoms. The first-order valence-corrected chi connectivity index (χ1v) is 6.30. The van der Waals surface area contributed by atoms with Crippen molar-refractivity contribution in [2.24, 2.45) is 12.8 Å². The van der Waals surface area contributed by atoms with Gasteiger partial charge in [-0.1, -0.05) is 6.92 Å². The van der Waals surface area contributed by atoms with Gasteiger partial charge < -0.3 is 5.73 Å². The zero-order valence-corrected chi connectivity index (χ0v) is 11.2. The van der Waals surface area contributed by atoms with Crippen LogP contribution in [0, 0.1) is 6.92 Å². The van der Waals surface area contributed by atoms with Gasteiger partial charge in [-0.25, -0.2) is 0 Å². The Bertz CT molecular complexity index is 530. The van der Waals surface area contributed by atoms with Crippen LogP contribution in [0.15, 0.2) is 24.4 Å². The monoisotopic (exact) mass is 244 g/mol. The van der Waals surface area contributed by atoms with E-state index in [0.717, 1.165) is 29.9 Å². The van der Waals surface area contributed by atoms with E-state index in [2.05, 4.69) is 30.0 Å². The SMILES string of the molecule is CCc1cc(CC(N)c2cc(C)ccn2)n(C)n1. The molecule has 0 aliphatic heterocycles. The van der Waals surface area contributed by atoms with Gasteiger partial charge in [-0.15, -0.1) is 0 Å². The van der Waals surface area contributed by atoms with Crippen LogP contribution in [0.3, 0.4) is 0 Å². The van der Waals surface area contributed by atoms with Gasteiger partial charge in [0, 0.05) is 25.4 Å². The third-order valence-corrected chi connectivity index (χ3v) is 3.14. The summed E-state index contributed by atoms with van der Waals surface area (Å²) in [4.78, 5) is 4.34. The van der Waals surface area contributed by atoms with Crippen LogP contribution in [0.4, 0.5) is 0 Å². The summed E-state index contributed by atoms with van der Waals surface area (Å²) in [6, 6.07) is 6.07. The fraction of sp³-hybridized carbons (Fsp3) is 0.429. The Morgan fingerprint density at radius 2 is 2.17 bits per heavy atom. The quantitative estimate of drug-likeness (QED) is 0.894. The van der Waals surface area contributed by atoms with Crippen molar-refractivity contribution in [1.82, 2.24) is 14.8 Å². The highest BCUT2D eigenvalue weighted by Crippen LogP contribution is 2.15. The maximum Gasteiger partial charge on any atom is 0.0624 e. The summed E-state index contributed by atoms with van der Waals surface area (Å²) in [6.45, 7) is 4.16. The second-order valence-electron chi connectivity index (χ2n) is 4.67. The number of pyridine rings is 1. The second kappa shape index (κ2) is 5.31. The van der Waals surface area contributed by atoms with Gasteiger partial charge in [-0.05, 0) is 37.1 Å². The molecule has 96 valence electrons.